The number of anilines is 1. The van der Waals surface area contributed by atoms with Crippen LogP contribution in [0.3, 0.4) is 0 Å². The molecule has 0 amide bonds. The average molecular weight is 521 g/mol. The van der Waals surface area contributed by atoms with E-state index >= 15 is 0 Å². The third-order valence-electron chi connectivity index (χ3n) is 8.07. The molecule has 1 unspecified atom stereocenters. The number of aryl methyl sites for hydroxylation is 1. The third-order valence-corrected chi connectivity index (χ3v) is 8.07. The first-order valence-corrected chi connectivity index (χ1v) is 13.8. The average Bonchev–Trinajstić information content (AvgIpc) is 2.88. The van der Waals surface area contributed by atoms with Gasteiger partial charge in [0.2, 0.25) is 0 Å². The van der Waals surface area contributed by atoms with E-state index in [1.165, 1.54) is 22.3 Å². The van der Waals surface area contributed by atoms with Crippen LogP contribution in [-0.4, -0.2) is 15.2 Å². The number of aromatic hydroxyl groups is 1. The van der Waals surface area contributed by atoms with Crippen LogP contribution in [0.5, 0.6) is 5.75 Å². The molecule has 39 heavy (non-hydrogen) atoms. The Bertz CT molecular complexity index is 1620. The molecule has 4 aromatic rings. The van der Waals surface area contributed by atoms with Gasteiger partial charge in [-0.15, -0.1) is 0 Å². The summed E-state index contributed by atoms with van der Waals surface area (Å²) in [5.74, 6) is 0.0815. The number of nitrogens with zero attached hydrogens (tertiary/aromatic N) is 1. The lowest BCUT2D eigenvalue weighted by Gasteiger charge is -2.28. The number of phenols is 1. The number of fused-ring (bicyclic) bond motifs is 3. The fourth-order valence-electron chi connectivity index (χ4n) is 5.32. The van der Waals surface area contributed by atoms with Gasteiger partial charge < -0.3 is 15.5 Å². The van der Waals surface area contributed by atoms with E-state index in [0.717, 1.165) is 27.7 Å². The van der Waals surface area contributed by atoms with Crippen molar-refractivity contribution in [2.75, 3.05) is 5.32 Å². The molecule has 1 aliphatic heterocycles. The Kier molecular flexibility index (Phi) is 6.59. The Labute approximate surface area is 232 Å². The highest BCUT2D eigenvalue weighted by molar-refractivity contribution is 5.97. The molecule has 1 atom stereocenters. The maximum Gasteiger partial charge on any atom is 0.130 e. The van der Waals surface area contributed by atoms with Crippen LogP contribution in [0, 0.1) is 13.8 Å². The van der Waals surface area contributed by atoms with Crippen molar-refractivity contribution in [3.63, 3.8) is 0 Å². The highest BCUT2D eigenvalue weighted by Gasteiger charge is 2.24. The number of hydrogen-bond donors (Lipinski definition) is 3. The lowest BCUT2D eigenvalue weighted by molar-refractivity contribution is 0.275. The predicted octanol–water partition coefficient (Wildman–Crippen LogP) is 8.49. The van der Waals surface area contributed by atoms with Crippen LogP contribution in [0.4, 0.5) is 5.69 Å². The van der Waals surface area contributed by atoms with Gasteiger partial charge in [-0.2, -0.15) is 0 Å². The Balaban J connectivity index is 1.64. The van der Waals surface area contributed by atoms with Crippen molar-refractivity contribution in [2.45, 2.75) is 78.9 Å². The molecule has 0 aliphatic carbocycles. The topological polar surface area (TPSA) is 65.4 Å². The fraction of sp³-hybridized carbons (Fsp3) is 0.343. The van der Waals surface area contributed by atoms with Gasteiger partial charge in [0.05, 0.1) is 29.5 Å². The second-order valence-electron chi connectivity index (χ2n) is 13.0. The van der Waals surface area contributed by atoms with Crippen molar-refractivity contribution in [2.24, 2.45) is 0 Å². The minimum absolute atomic E-state index is 0.0215. The Hall–Kier alpha value is -3.63. The SMILES string of the molecule is Cc1cc(C(C)(C)C)cc(C2C=Cc3ccc4ccc(-c5cc(C(C)(C)C)cc(CO)c5O)nc4c3N2)c1C. The Morgan fingerprint density at radius 2 is 1.54 bits per heavy atom. The van der Waals surface area contributed by atoms with E-state index in [-0.39, 0.29) is 29.2 Å². The summed E-state index contributed by atoms with van der Waals surface area (Å²) >= 11 is 0. The minimum Gasteiger partial charge on any atom is -0.507 e. The van der Waals surface area contributed by atoms with Crippen LogP contribution in [0.1, 0.15) is 86.5 Å². The molecule has 0 saturated carbocycles. The number of nitrogens with one attached hydrogen (secondary N) is 1. The van der Waals surface area contributed by atoms with Crippen molar-refractivity contribution in [1.29, 1.82) is 0 Å². The van der Waals surface area contributed by atoms with E-state index in [9.17, 15) is 10.2 Å². The second kappa shape index (κ2) is 9.53. The molecule has 2 heterocycles. The van der Waals surface area contributed by atoms with Crippen LogP contribution in [-0.2, 0) is 17.4 Å². The summed E-state index contributed by atoms with van der Waals surface area (Å²) in [4.78, 5) is 5.11. The minimum atomic E-state index is -0.230. The van der Waals surface area contributed by atoms with E-state index in [4.69, 9.17) is 4.98 Å². The van der Waals surface area contributed by atoms with Gasteiger partial charge in [0.1, 0.15) is 5.75 Å². The normalized spacial score (nSPS) is 15.4. The van der Waals surface area contributed by atoms with E-state index < -0.39 is 0 Å². The fourth-order valence-corrected chi connectivity index (χ4v) is 5.32. The monoisotopic (exact) mass is 520 g/mol. The lowest BCUT2D eigenvalue weighted by atomic mass is 9.82. The number of aliphatic hydroxyl groups is 1. The van der Waals surface area contributed by atoms with Crippen LogP contribution >= 0.6 is 0 Å². The molecule has 4 nitrogen and oxygen atoms in total. The lowest BCUT2D eigenvalue weighted by Crippen LogP contribution is -2.18. The Morgan fingerprint density at radius 3 is 2.21 bits per heavy atom. The number of aliphatic hydroxyl groups excluding tert-OH is 1. The van der Waals surface area contributed by atoms with Gasteiger partial charge in [-0.3, -0.25) is 0 Å². The standard InChI is InChI=1S/C35H40N2O2/c1-20-15-25(34(3,4)5)17-27(21(20)2)29-13-11-22-9-10-23-12-14-30(37-32(23)31(22)36-29)28-18-26(35(6,7)8)16-24(19-38)33(28)39/h9-18,29,36,38-39H,19H2,1-8H3. The first-order chi connectivity index (χ1) is 18.3. The Morgan fingerprint density at radius 1 is 0.872 bits per heavy atom. The molecule has 0 saturated heterocycles. The highest BCUT2D eigenvalue weighted by atomic mass is 16.3. The van der Waals surface area contributed by atoms with E-state index in [2.05, 4.69) is 103 Å². The molecular formula is C35H40N2O2. The number of benzene rings is 3. The highest BCUT2D eigenvalue weighted by Crippen LogP contribution is 2.41. The first kappa shape index (κ1) is 27.0. The molecule has 0 spiro atoms. The predicted molar refractivity (Wildman–Crippen MR) is 163 cm³/mol. The molecule has 5 rings (SSSR count). The van der Waals surface area contributed by atoms with Gasteiger partial charge in [-0.25, -0.2) is 4.98 Å². The molecule has 0 radical (unpaired) electrons. The third kappa shape index (κ3) is 4.94. The molecule has 3 N–H and O–H groups in total. The van der Waals surface area contributed by atoms with E-state index in [0.29, 0.717) is 16.8 Å². The van der Waals surface area contributed by atoms with Gasteiger partial charge in [-0.05, 0) is 76.3 Å². The summed E-state index contributed by atoms with van der Waals surface area (Å²) < 4.78 is 0. The van der Waals surface area contributed by atoms with Crippen molar-refractivity contribution < 1.29 is 10.2 Å². The van der Waals surface area contributed by atoms with Gasteiger partial charge in [0.25, 0.3) is 0 Å². The maximum absolute atomic E-state index is 11.1. The number of pyridine rings is 1. The summed E-state index contributed by atoms with van der Waals surface area (Å²) in [7, 11) is 0. The van der Waals surface area contributed by atoms with E-state index in [1.807, 2.05) is 18.2 Å². The van der Waals surface area contributed by atoms with Gasteiger partial charge in [-0.1, -0.05) is 84.0 Å². The van der Waals surface area contributed by atoms with Gasteiger partial charge >= 0.3 is 0 Å². The van der Waals surface area contributed by atoms with Gasteiger partial charge in [0.15, 0.2) is 0 Å². The van der Waals surface area contributed by atoms with Crippen molar-refractivity contribution >= 4 is 22.7 Å². The maximum atomic E-state index is 11.1. The van der Waals surface area contributed by atoms with Crippen molar-refractivity contribution in [3.8, 4) is 17.0 Å². The summed E-state index contributed by atoms with van der Waals surface area (Å²) in [6, 6.07) is 16.8. The first-order valence-electron chi connectivity index (χ1n) is 13.8. The van der Waals surface area contributed by atoms with Crippen molar-refractivity contribution in [1.82, 2.24) is 4.98 Å². The zero-order valence-corrected chi connectivity index (χ0v) is 24.4. The quantitative estimate of drug-likeness (QED) is 0.253. The molecule has 3 aromatic carbocycles. The molecule has 1 aromatic heterocycles. The zero-order valence-electron chi connectivity index (χ0n) is 24.4. The number of hydrogen-bond acceptors (Lipinski definition) is 4. The van der Waals surface area contributed by atoms with Gasteiger partial charge in [0, 0.05) is 16.5 Å². The van der Waals surface area contributed by atoms with Crippen LogP contribution in [0.15, 0.2) is 54.6 Å². The summed E-state index contributed by atoms with van der Waals surface area (Å²) in [6.45, 7) is 17.3. The molecule has 0 bridgehead atoms. The largest absolute Gasteiger partial charge is 0.507 e. The molecule has 202 valence electrons. The summed E-state index contributed by atoms with van der Waals surface area (Å²) in [5, 5.41) is 25.9. The summed E-state index contributed by atoms with van der Waals surface area (Å²) in [5.41, 5.74) is 10.9. The number of aromatic nitrogens is 1. The molecule has 4 heteroatoms. The van der Waals surface area contributed by atoms with Crippen LogP contribution in [0.25, 0.3) is 28.2 Å². The van der Waals surface area contributed by atoms with Crippen molar-refractivity contribution in [3.05, 3.63) is 93.6 Å². The summed E-state index contributed by atoms with van der Waals surface area (Å²) in [6.07, 6.45) is 4.42. The van der Waals surface area contributed by atoms with Crippen LogP contribution in [0.2, 0.25) is 0 Å². The smallest absolute Gasteiger partial charge is 0.130 e. The molecule has 0 fully saturated rings. The molecule has 1 aliphatic rings. The van der Waals surface area contributed by atoms with E-state index in [1.54, 1.807) is 0 Å². The van der Waals surface area contributed by atoms with Crippen LogP contribution < -0.4 is 5.32 Å². The molecular weight excluding hydrogens is 480 g/mol. The zero-order chi connectivity index (χ0) is 28.3. The second-order valence-corrected chi connectivity index (χ2v) is 13.0. The number of rotatable bonds is 3.